The number of amides is 1. The van der Waals surface area contributed by atoms with Crippen molar-refractivity contribution in [3.8, 4) is 0 Å². The number of hydrogen-bond donors (Lipinski definition) is 2. The molecule has 1 amide bonds. The molecule has 2 atom stereocenters. The van der Waals surface area contributed by atoms with Gasteiger partial charge in [-0.2, -0.15) is 0 Å². The minimum Gasteiger partial charge on any atom is -0.352 e. The average Bonchev–Trinajstić information content (AvgIpc) is 2.54. The molecule has 0 bridgehead atoms. The molecule has 1 saturated carbocycles. The molecule has 1 aliphatic carbocycles. The molecule has 0 aromatic heterocycles. The van der Waals surface area contributed by atoms with E-state index in [1.165, 1.54) is 37.7 Å². The molecule has 21 heavy (non-hydrogen) atoms. The lowest BCUT2D eigenvalue weighted by molar-refractivity contribution is -0.123. The fourth-order valence-corrected chi connectivity index (χ4v) is 3.18. The number of nitrogens with two attached hydrogens (primary N) is 1. The van der Waals surface area contributed by atoms with E-state index < -0.39 is 6.04 Å². The summed E-state index contributed by atoms with van der Waals surface area (Å²) in [4.78, 5) is 12.2. The zero-order chi connectivity index (χ0) is 15.1. The molecule has 3 heteroatoms. The topological polar surface area (TPSA) is 55.1 Å². The molecule has 1 aromatic rings. The van der Waals surface area contributed by atoms with E-state index in [0.29, 0.717) is 12.3 Å². The van der Waals surface area contributed by atoms with Gasteiger partial charge < -0.3 is 11.1 Å². The maximum absolute atomic E-state index is 12.2. The molecule has 0 unspecified atom stereocenters. The van der Waals surface area contributed by atoms with Crippen LogP contribution in [0.3, 0.4) is 0 Å². The van der Waals surface area contributed by atoms with E-state index in [4.69, 9.17) is 5.73 Å². The maximum Gasteiger partial charge on any atom is 0.237 e. The minimum atomic E-state index is -0.406. The van der Waals surface area contributed by atoms with Gasteiger partial charge >= 0.3 is 0 Å². The van der Waals surface area contributed by atoms with E-state index in [1.54, 1.807) is 0 Å². The first-order valence-corrected chi connectivity index (χ1v) is 8.26. The van der Waals surface area contributed by atoms with Crippen LogP contribution in [-0.4, -0.2) is 18.0 Å². The number of carbonyl (C=O) groups is 1. The number of benzene rings is 1. The Bertz CT molecular complexity index is 426. The van der Waals surface area contributed by atoms with Crippen molar-refractivity contribution in [3.05, 3.63) is 35.9 Å². The van der Waals surface area contributed by atoms with Crippen LogP contribution in [0.4, 0.5) is 0 Å². The van der Waals surface area contributed by atoms with E-state index in [9.17, 15) is 4.79 Å². The first-order valence-electron chi connectivity index (χ1n) is 8.26. The van der Waals surface area contributed by atoms with Gasteiger partial charge in [0.25, 0.3) is 0 Å². The first kappa shape index (κ1) is 16.0. The van der Waals surface area contributed by atoms with Crippen LogP contribution in [0.1, 0.15) is 51.0 Å². The molecule has 3 nitrogen and oxygen atoms in total. The minimum absolute atomic E-state index is 0.00371. The summed E-state index contributed by atoms with van der Waals surface area (Å²) in [5.41, 5.74) is 7.27. The fourth-order valence-electron chi connectivity index (χ4n) is 3.18. The van der Waals surface area contributed by atoms with Crippen molar-refractivity contribution < 1.29 is 4.79 Å². The number of carbonyl (C=O) groups excluding carboxylic acids is 1. The van der Waals surface area contributed by atoms with Crippen LogP contribution < -0.4 is 11.1 Å². The van der Waals surface area contributed by atoms with Gasteiger partial charge in [-0.25, -0.2) is 0 Å². The summed E-state index contributed by atoms with van der Waals surface area (Å²) < 4.78 is 0. The molecular formula is C18H28N2O. The summed E-state index contributed by atoms with van der Waals surface area (Å²) in [5, 5.41) is 3.12. The Morgan fingerprint density at radius 2 is 1.90 bits per heavy atom. The first-order chi connectivity index (χ1) is 10.2. The Balaban J connectivity index is 1.74. The van der Waals surface area contributed by atoms with Crippen LogP contribution in [0.2, 0.25) is 0 Å². The van der Waals surface area contributed by atoms with Crippen molar-refractivity contribution in [1.29, 1.82) is 0 Å². The lowest BCUT2D eigenvalue weighted by atomic mass is 9.84. The molecule has 1 aliphatic rings. The summed E-state index contributed by atoms with van der Waals surface area (Å²) in [6, 6.07) is 10.0. The molecule has 2 rings (SSSR count). The van der Waals surface area contributed by atoms with E-state index >= 15 is 0 Å². The second-order valence-electron chi connectivity index (χ2n) is 6.33. The van der Waals surface area contributed by atoms with Gasteiger partial charge in [0.1, 0.15) is 0 Å². The van der Waals surface area contributed by atoms with Crippen molar-refractivity contribution in [1.82, 2.24) is 5.32 Å². The second kappa shape index (κ2) is 8.18. The second-order valence-corrected chi connectivity index (χ2v) is 6.33. The van der Waals surface area contributed by atoms with Crippen molar-refractivity contribution in [2.24, 2.45) is 11.7 Å². The monoisotopic (exact) mass is 288 g/mol. The predicted octanol–water partition coefficient (Wildman–Crippen LogP) is 3.03. The van der Waals surface area contributed by atoms with Crippen LogP contribution in [-0.2, 0) is 11.2 Å². The third-order valence-corrected chi connectivity index (χ3v) is 4.65. The Hall–Kier alpha value is -1.35. The molecule has 0 spiro atoms. The van der Waals surface area contributed by atoms with Gasteiger partial charge in [0, 0.05) is 6.04 Å². The van der Waals surface area contributed by atoms with Crippen molar-refractivity contribution in [2.45, 2.75) is 64.0 Å². The van der Waals surface area contributed by atoms with Gasteiger partial charge in [0.2, 0.25) is 5.91 Å². The van der Waals surface area contributed by atoms with E-state index in [1.807, 2.05) is 18.2 Å². The Morgan fingerprint density at radius 3 is 2.57 bits per heavy atom. The fraction of sp³-hybridized carbons (Fsp3) is 0.611. The van der Waals surface area contributed by atoms with Gasteiger partial charge in [-0.3, -0.25) is 4.79 Å². The smallest absolute Gasteiger partial charge is 0.237 e. The highest BCUT2D eigenvalue weighted by atomic mass is 16.2. The molecule has 116 valence electrons. The highest BCUT2D eigenvalue weighted by Crippen LogP contribution is 2.26. The van der Waals surface area contributed by atoms with Crippen LogP contribution in [0.15, 0.2) is 30.3 Å². The third kappa shape index (κ3) is 5.16. The molecule has 1 aromatic carbocycles. The number of hydrogen-bond acceptors (Lipinski definition) is 2. The van der Waals surface area contributed by atoms with Crippen LogP contribution in [0.5, 0.6) is 0 Å². The molecule has 1 fully saturated rings. The van der Waals surface area contributed by atoms with Crippen LogP contribution >= 0.6 is 0 Å². The van der Waals surface area contributed by atoms with Gasteiger partial charge in [-0.1, -0.05) is 49.6 Å². The van der Waals surface area contributed by atoms with Gasteiger partial charge in [0.05, 0.1) is 6.04 Å². The lowest BCUT2D eigenvalue weighted by Gasteiger charge is -2.29. The largest absolute Gasteiger partial charge is 0.352 e. The number of nitrogens with one attached hydrogen (secondary N) is 1. The van der Waals surface area contributed by atoms with Gasteiger partial charge in [0.15, 0.2) is 0 Å². The van der Waals surface area contributed by atoms with E-state index in [0.717, 1.165) is 6.42 Å². The highest BCUT2D eigenvalue weighted by Gasteiger charge is 2.23. The van der Waals surface area contributed by atoms with Crippen molar-refractivity contribution in [3.63, 3.8) is 0 Å². The van der Waals surface area contributed by atoms with Gasteiger partial charge in [-0.15, -0.1) is 0 Å². The van der Waals surface area contributed by atoms with Crippen LogP contribution in [0.25, 0.3) is 0 Å². The summed E-state index contributed by atoms with van der Waals surface area (Å²) in [5.74, 6) is 0.632. The number of rotatable bonds is 6. The van der Waals surface area contributed by atoms with Gasteiger partial charge in [-0.05, 0) is 44.1 Å². The maximum atomic E-state index is 12.2. The zero-order valence-electron chi connectivity index (χ0n) is 13.1. The SMILES string of the molecule is C[C@H](NC(=O)[C@@H](N)CCc1ccccc1)C1CCCCC1. The molecule has 0 radical (unpaired) electrons. The Kier molecular flexibility index (Phi) is 6.24. The van der Waals surface area contributed by atoms with Crippen molar-refractivity contribution >= 4 is 5.91 Å². The van der Waals surface area contributed by atoms with Crippen LogP contribution in [0, 0.1) is 5.92 Å². The van der Waals surface area contributed by atoms with Crippen molar-refractivity contribution in [2.75, 3.05) is 0 Å². The molecular weight excluding hydrogens is 260 g/mol. The van der Waals surface area contributed by atoms with E-state index in [2.05, 4.69) is 24.4 Å². The zero-order valence-corrected chi connectivity index (χ0v) is 13.1. The standard InChI is InChI=1S/C18H28N2O/c1-14(16-10-6-3-7-11-16)20-18(21)17(19)13-12-15-8-4-2-5-9-15/h2,4-5,8-9,14,16-17H,3,6-7,10-13,19H2,1H3,(H,20,21)/t14-,17-/m0/s1. The summed E-state index contributed by atoms with van der Waals surface area (Å²) in [6.07, 6.45) is 7.96. The normalized spacial score (nSPS) is 19.0. The Labute approximate surface area is 128 Å². The summed E-state index contributed by atoms with van der Waals surface area (Å²) >= 11 is 0. The molecule has 0 saturated heterocycles. The highest BCUT2D eigenvalue weighted by molar-refractivity contribution is 5.81. The molecule has 0 heterocycles. The average molecular weight is 288 g/mol. The molecule has 0 aliphatic heterocycles. The summed E-state index contributed by atoms with van der Waals surface area (Å²) in [7, 11) is 0. The predicted molar refractivity (Wildman–Crippen MR) is 86.9 cm³/mol. The van der Waals surface area contributed by atoms with E-state index in [-0.39, 0.29) is 11.9 Å². The lowest BCUT2D eigenvalue weighted by Crippen LogP contribution is -2.47. The number of aryl methyl sites for hydroxylation is 1. The third-order valence-electron chi connectivity index (χ3n) is 4.65. The summed E-state index contributed by atoms with van der Waals surface area (Å²) in [6.45, 7) is 2.12. The molecule has 3 N–H and O–H groups in total. The quantitative estimate of drug-likeness (QED) is 0.845. The Morgan fingerprint density at radius 1 is 1.24 bits per heavy atom.